The number of ether oxygens (including phenoxy) is 1. The quantitative estimate of drug-likeness (QED) is 0.827. The number of nitrogens with one attached hydrogen (secondary N) is 2. The van der Waals surface area contributed by atoms with E-state index in [2.05, 4.69) is 10.6 Å². The molecule has 2 aromatic rings. The van der Waals surface area contributed by atoms with Gasteiger partial charge in [-0.1, -0.05) is 17.7 Å². The summed E-state index contributed by atoms with van der Waals surface area (Å²) < 4.78 is 18.3. The summed E-state index contributed by atoms with van der Waals surface area (Å²) in [5, 5.41) is 5.72. The molecular formula is C18H16ClFN2O3. The zero-order valence-electron chi connectivity index (χ0n) is 13.2. The van der Waals surface area contributed by atoms with E-state index in [0.717, 1.165) is 12.8 Å². The molecule has 2 amide bonds. The lowest BCUT2D eigenvalue weighted by atomic mass is 10.2. The van der Waals surface area contributed by atoms with Crippen molar-refractivity contribution in [1.29, 1.82) is 0 Å². The molecule has 7 heteroatoms. The number of amides is 2. The van der Waals surface area contributed by atoms with Crippen molar-refractivity contribution in [2.45, 2.75) is 18.9 Å². The Hall–Kier alpha value is -2.60. The van der Waals surface area contributed by atoms with Crippen molar-refractivity contribution in [3.8, 4) is 5.75 Å². The van der Waals surface area contributed by atoms with Gasteiger partial charge in [-0.25, -0.2) is 4.39 Å². The molecule has 0 unspecified atom stereocenters. The van der Waals surface area contributed by atoms with Crippen LogP contribution < -0.4 is 15.4 Å². The van der Waals surface area contributed by atoms with E-state index in [1.807, 2.05) is 0 Å². The van der Waals surface area contributed by atoms with Crippen LogP contribution in [0.1, 0.15) is 23.2 Å². The van der Waals surface area contributed by atoms with Crippen molar-refractivity contribution in [1.82, 2.24) is 5.32 Å². The van der Waals surface area contributed by atoms with Crippen LogP contribution in [0.2, 0.25) is 5.02 Å². The topological polar surface area (TPSA) is 67.4 Å². The average Bonchev–Trinajstić information content (AvgIpc) is 3.37. The monoisotopic (exact) mass is 362 g/mol. The first-order valence-corrected chi connectivity index (χ1v) is 8.18. The molecule has 0 aromatic heterocycles. The van der Waals surface area contributed by atoms with Crippen LogP contribution in [0.5, 0.6) is 5.75 Å². The second-order valence-corrected chi connectivity index (χ2v) is 6.14. The van der Waals surface area contributed by atoms with E-state index < -0.39 is 11.7 Å². The van der Waals surface area contributed by atoms with E-state index in [1.54, 1.807) is 18.2 Å². The summed E-state index contributed by atoms with van der Waals surface area (Å²) in [7, 11) is 0. The Kier molecular flexibility index (Phi) is 5.19. The summed E-state index contributed by atoms with van der Waals surface area (Å²) in [5.74, 6) is -0.819. The van der Waals surface area contributed by atoms with Crippen LogP contribution >= 0.6 is 11.6 Å². The molecule has 2 aromatic carbocycles. The van der Waals surface area contributed by atoms with Gasteiger partial charge in [0.1, 0.15) is 11.6 Å². The maximum absolute atomic E-state index is 13.0. The zero-order valence-corrected chi connectivity index (χ0v) is 14.0. The number of hydrogen-bond donors (Lipinski definition) is 2. The van der Waals surface area contributed by atoms with Crippen molar-refractivity contribution in [2.24, 2.45) is 0 Å². The molecule has 0 radical (unpaired) electrons. The summed E-state index contributed by atoms with van der Waals surface area (Å²) in [4.78, 5) is 23.9. The maximum Gasteiger partial charge on any atom is 0.262 e. The summed E-state index contributed by atoms with van der Waals surface area (Å²) in [6, 6.07) is 10.4. The van der Waals surface area contributed by atoms with E-state index in [1.165, 1.54) is 24.3 Å². The highest BCUT2D eigenvalue weighted by molar-refractivity contribution is 6.34. The van der Waals surface area contributed by atoms with Crippen molar-refractivity contribution in [3.63, 3.8) is 0 Å². The van der Waals surface area contributed by atoms with Gasteiger partial charge in [-0.3, -0.25) is 9.59 Å². The number of halogens is 2. The fourth-order valence-electron chi connectivity index (χ4n) is 2.17. The molecule has 5 nitrogen and oxygen atoms in total. The summed E-state index contributed by atoms with van der Waals surface area (Å²) >= 11 is 6.12. The van der Waals surface area contributed by atoms with E-state index in [9.17, 15) is 14.0 Å². The number of hydrogen-bond acceptors (Lipinski definition) is 3. The number of carbonyl (C=O) groups is 2. The Bertz CT molecular complexity index is 809. The predicted octanol–water partition coefficient (Wildman–Crippen LogP) is 3.39. The lowest BCUT2D eigenvalue weighted by molar-refractivity contribution is -0.118. The van der Waals surface area contributed by atoms with E-state index in [-0.39, 0.29) is 29.3 Å². The van der Waals surface area contributed by atoms with Crippen LogP contribution in [0.4, 0.5) is 10.1 Å². The number of rotatable bonds is 6. The first-order chi connectivity index (χ1) is 12.0. The Morgan fingerprint density at radius 1 is 1.20 bits per heavy atom. The molecule has 0 saturated heterocycles. The third-order valence-corrected chi connectivity index (χ3v) is 3.89. The van der Waals surface area contributed by atoms with Gasteiger partial charge in [0.15, 0.2) is 6.61 Å². The molecule has 1 fully saturated rings. The van der Waals surface area contributed by atoms with Crippen molar-refractivity contribution < 1.29 is 18.7 Å². The molecule has 130 valence electrons. The Morgan fingerprint density at radius 2 is 2.00 bits per heavy atom. The van der Waals surface area contributed by atoms with Crippen molar-refractivity contribution in [3.05, 3.63) is 58.9 Å². The molecule has 0 spiro atoms. The van der Waals surface area contributed by atoms with Gasteiger partial charge in [0.05, 0.1) is 10.6 Å². The number of carbonyl (C=O) groups excluding carboxylic acids is 2. The Balaban J connectivity index is 1.55. The largest absolute Gasteiger partial charge is 0.484 e. The van der Waals surface area contributed by atoms with Crippen LogP contribution in [0.3, 0.4) is 0 Å². The molecule has 1 aliphatic rings. The minimum Gasteiger partial charge on any atom is -0.484 e. The van der Waals surface area contributed by atoms with Crippen LogP contribution in [0.25, 0.3) is 0 Å². The van der Waals surface area contributed by atoms with Gasteiger partial charge in [-0.15, -0.1) is 0 Å². The smallest absolute Gasteiger partial charge is 0.262 e. The van der Waals surface area contributed by atoms with Gasteiger partial charge in [-0.05, 0) is 43.2 Å². The third-order valence-electron chi connectivity index (χ3n) is 3.58. The Labute approximate surface area is 149 Å². The fourth-order valence-corrected chi connectivity index (χ4v) is 2.44. The molecule has 0 heterocycles. The van der Waals surface area contributed by atoms with E-state index in [0.29, 0.717) is 11.3 Å². The SMILES string of the molecule is O=C(COc1cccc(F)c1)Nc1ccc(C(=O)NC2CC2)c(Cl)c1. The first-order valence-electron chi connectivity index (χ1n) is 7.80. The maximum atomic E-state index is 13.0. The number of anilines is 1. The highest BCUT2D eigenvalue weighted by Gasteiger charge is 2.24. The van der Waals surface area contributed by atoms with Crippen LogP contribution in [-0.2, 0) is 4.79 Å². The molecule has 2 N–H and O–H groups in total. The minimum absolute atomic E-state index is 0.222. The average molecular weight is 363 g/mol. The zero-order chi connectivity index (χ0) is 17.8. The molecule has 0 bridgehead atoms. The highest BCUT2D eigenvalue weighted by atomic mass is 35.5. The van der Waals surface area contributed by atoms with Gasteiger partial charge in [-0.2, -0.15) is 0 Å². The normalized spacial score (nSPS) is 13.2. The second-order valence-electron chi connectivity index (χ2n) is 5.74. The van der Waals surface area contributed by atoms with Crippen LogP contribution in [0, 0.1) is 5.82 Å². The molecule has 0 aliphatic heterocycles. The van der Waals surface area contributed by atoms with E-state index >= 15 is 0 Å². The lowest BCUT2D eigenvalue weighted by Gasteiger charge is -2.10. The minimum atomic E-state index is -0.440. The van der Waals surface area contributed by atoms with E-state index in [4.69, 9.17) is 16.3 Å². The second kappa shape index (κ2) is 7.53. The first kappa shape index (κ1) is 17.2. The summed E-state index contributed by atoms with van der Waals surface area (Å²) in [5.41, 5.74) is 0.809. The van der Waals surface area contributed by atoms with Crippen LogP contribution in [-0.4, -0.2) is 24.5 Å². The summed E-state index contributed by atoms with van der Waals surface area (Å²) in [6.45, 7) is -0.273. The van der Waals surface area contributed by atoms with Crippen molar-refractivity contribution in [2.75, 3.05) is 11.9 Å². The third kappa shape index (κ3) is 4.93. The van der Waals surface area contributed by atoms with Gasteiger partial charge < -0.3 is 15.4 Å². The van der Waals surface area contributed by atoms with Gasteiger partial charge in [0.2, 0.25) is 0 Å². The molecule has 25 heavy (non-hydrogen) atoms. The Morgan fingerprint density at radius 3 is 2.68 bits per heavy atom. The molecule has 3 rings (SSSR count). The predicted molar refractivity (Wildman–Crippen MR) is 92.5 cm³/mol. The van der Waals surface area contributed by atoms with Gasteiger partial charge in [0.25, 0.3) is 11.8 Å². The fraction of sp³-hybridized carbons (Fsp3) is 0.222. The van der Waals surface area contributed by atoms with Crippen molar-refractivity contribution >= 4 is 29.1 Å². The number of benzene rings is 2. The lowest BCUT2D eigenvalue weighted by Crippen LogP contribution is -2.25. The van der Waals surface area contributed by atoms with Crippen LogP contribution in [0.15, 0.2) is 42.5 Å². The highest BCUT2D eigenvalue weighted by Crippen LogP contribution is 2.24. The molecule has 1 saturated carbocycles. The summed E-state index contributed by atoms with van der Waals surface area (Å²) in [6.07, 6.45) is 1.98. The van der Waals surface area contributed by atoms with Gasteiger partial charge in [0, 0.05) is 17.8 Å². The molecule has 0 atom stereocenters. The molecular weight excluding hydrogens is 347 g/mol. The van der Waals surface area contributed by atoms with Gasteiger partial charge >= 0.3 is 0 Å². The standard InChI is InChI=1S/C18H16ClFN2O3/c19-16-9-13(6-7-15(16)18(24)22-12-4-5-12)21-17(23)10-25-14-3-1-2-11(20)8-14/h1-3,6-9,12H,4-5,10H2,(H,21,23)(H,22,24). The molecule has 1 aliphatic carbocycles.